The molecule has 1 aromatic carbocycles. The van der Waals surface area contributed by atoms with Gasteiger partial charge in [-0.2, -0.15) is 4.57 Å². The number of carbonyl (C=O) groups is 3. The van der Waals surface area contributed by atoms with Crippen LogP contribution in [0, 0.1) is 12.3 Å². The smallest absolute Gasteiger partial charge is 0.338 e. The Hall–Kier alpha value is -3.49. The third kappa shape index (κ3) is 2.75. The molecule has 1 aliphatic carbocycles. The van der Waals surface area contributed by atoms with Crippen molar-refractivity contribution in [2.24, 2.45) is 5.41 Å². The summed E-state index contributed by atoms with van der Waals surface area (Å²) >= 11 is 0. The largest absolute Gasteiger partial charge is 0.468 e. The number of aromatic nitrogens is 2. The van der Waals surface area contributed by atoms with Gasteiger partial charge in [-0.05, 0) is 25.5 Å². The van der Waals surface area contributed by atoms with E-state index in [0.717, 1.165) is 18.8 Å². The Labute approximate surface area is 159 Å². The highest BCUT2D eigenvalue weighted by molar-refractivity contribution is 6.04. The van der Waals surface area contributed by atoms with Gasteiger partial charge in [-0.1, -0.05) is 18.2 Å². The molecule has 0 radical (unpaired) electrons. The molecule has 0 spiro atoms. The van der Waals surface area contributed by atoms with Crippen molar-refractivity contribution < 1.29 is 23.9 Å². The summed E-state index contributed by atoms with van der Waals surface area (Å²) in [4.78, 5) is 62.6. The van der Waals surface area contributed by atoms with E-state index < -0.39 is 40.6 Å². The first-order valence-electron chi connectivity index (χ1n) is 8.41. The molecule has 1 unspecified atom stereocenters. The van der Waals surface area contributed by atoms with Crippen molar-refractivity contribution in [1.29, 1.82) is 0 Å². The van der Waals surface area contributed by atoms with E-state index in [1.54, 1.807) is 18.2 Å². The third-order valence-corrected chi connectivity index (χ3v) is 4.87. The van der Waals surface area contributed by atoms with Crippen LogP contribution < -0.4 is 11.2 Å². The Balaban J connectivity index is 2.15. The van der Waals surface area contributed by atoms with Crippen LogP contribution in [0.15, 0.2) is 46.1 Å². The second-order valence-electron chi connectivity index (χ2n) is 6.49. The monoisotopic (exact) mass is 386 g/mol. The van der Waals surface area contributed by atoms with E-state index in [2.05, 4.69) is 0 Å². The van der Waals surface area contributed by atoms with Gasteiger partial charge < -0.3 is 9.47 Å². The normalized spacial score (nSPS) is 16.9. The van der Waals surface area contributed by atoms with Crippen LogP contribution in [0.1, 0.15) is 28.4 Å². The van der Waals surface area contributed by atoms with Crippen LogP contribution in [0.3, 0.4) is 0 Å². The van der Waals surface area contributed by atoms with E-state index in [4.69, 9.17) is 9.47 Å². The Kier molecular flexibility index (Phi) is 4.76. The number of nitrogens with zero attached hydrogens (tertiary/aromatic N) is 2. The van der Waals surface area contributed by atoms with Crippen LogP contribution in [0.2, 0.25) is 0 Å². The molecule has 0 bridgehead atoms. The minimum atomic E-state index is -1.68. The van der Waals surface area contributed by atoms with Gasteiger partial charge in [-0.25, -0.2) is 4.79 Å². The summed E-state index contributed by atoms with van der Waals surface area (Å²) in [6.07, 6.45) is 1.20. The molecule has 1 heterocycles. The van der Waals surface area contributed by atoms with Gasteiger partial charge in [0.1, 0.15) is 0 Å². The second-order valence-corrected chi connectivity index (χ2v) is 6.49. The SMILES string of the molecule is COC(=O)C1(C(=O)OC)CC1n1cc(C)c(=O)n(C(=O)c2ccccc2)c1=O. The predicted octanol–water partition coefficient (Wildman–Crippen LogP) is 0.284. The van der Waals surface area contributed by atoms with Gasteiger partial charge in [-0.15, -0.1) is 0 Å². The zero-order valence-corrected chi connectivity index (χ0v) is 15.5. The topological polar surface area (TPSA) is 114 Å². The van der Waals surface area contributed by atoms with Crippen molar-refractivity contribution in [1.82, 2.24) is 9.13 Å². The van der Waals surface area contributed by atoms with Crippen molar-refractivity contribution in [3.8, 4) is 0 Å². The average Bonchev–Trinajstić information content (AvgIpc) is 3.46. The molecule has 0 aliphatic heterocycles. The lowest BCUT2D eigenvalue weighted by Crippen LogP contribution is -2.45. The quantitative estimate of drug-likeness (QED) is 0.548. The van der Waals surface area contributed by atoms with E-state index in [9.17, 15) is 24.0 Å². The fourth-order valence-electron chi connectivity index (χ4n) is 3.28. The molecule has 28 heavy (non-hydrogen) atoms. The molecule has 1 saturated carbocycles. The summed E-state index contributed by atoms with van der Waals surface area (Å²) in [6.45, 7) is 1.44. The number of rotatable bonds is 4. The minimum absolute atomic E-state index is 0.0383. The first-order valence-corrected chi connectivity index (χ1v) is 8.41. The lowest BCUT2D eigenvalue weighted by atomic mass is 10.1. The van der Waals surface area contributed by atoms with Crippen LogP contribution in [0.4, 0.5) is 0 Å². The van der Waals surface area contributed by atoms with Gasteiger partial charge in [0.15, 0.2) is 5.41 Å². The van der Waals surface area contributed by atoms with Gasteiger partial charge >= 0.3 is 17.6 Å². The van der Waals surface area contributed by atoms with E-state index in [0.29, 0.717) is 4.57 Å². The summed E-state index contributed by atoms with van der Waals surface area (Å²) in [6, 6.07) is 6.93. The molecule has 3 rings (SSSR count). The summed E-state index contributed by atoms with van der Waals surface area (Å²) in [5, 5.41) is 0. The Morgan fingerprint density at radius 3 is 2.14 bits per heavy atom. The first-order chi connectivity index (χ1) is 13.3. The van der Waals surface area contributed by atoms with Crippen LogP contribution in [-0.2, 0) is 19.1 Å². The molecule has 1 aliphatic rings. The van der Waals surface area contributed by atoms with E-state index in [1.807, 2.05) is 0 Å². The zero-order chi connectivity index (χ0) is 20.6. The Morgan fingerprint density at radius 1 is 1.04 bits per heavy atom. The molecule has 9 heteroatoms. The van der Waals surface area contributed by atoms with Crippen LogP contribution >= 0.6 is 0 Å². The molecule has 0 saturated heterocycles. The number of carbonyl (C=O) groups excluding carboxylic acids is 3. The summed E-state index contributed by atoms with van der Waals surface area (Å²) in [5.41, 5.74) is -3.12. The van der Waals surface area contributed by atoms with Gasteiger partial charge in [0.2, 0.25) is 0 Å². The van der Waals surface area contributed by atoms with Gasteiger partial charge in [0.05, 0.1) is 20.3 Å². The highest BCUT2D eigenvalue weighted by Gasteiger charge is 2.69. The minimum Gasteiger partial charge on any atom is -0.468 e. The number of benzene rings is 1. The molecular weight excluding hydrogens is 368 g/mol. The Bertz CT molecular complexity index is 1070. The molecule has 1 atom stereocenters. The lowest BCUT2D eigenvalue weighted by Gasteiger charge is -2.15. The molecule has 146 valence electrons. The van der Waals surface area contributed by atoms with Crippen molar-refractivity contribution in [3.05, 3.63) is 68.5 Å². The number of aryl methyl sites for hydroxylation is 1. The van der Waals surface area contributed by atoms with E-state index in [-0.39, 0.29) is 17.5 Å². The van der Waals surface area contributed by atoms with Crippen LogP contribution in [0.5, 0.6) is 0 Å². The van der Waals surface area contributed by atoms with Crippen molar-refractivity contribution in [2.75, 3.05) is 14.2 Å². The Morgan fingerprint density at radius 2 is 1.61 bits per heavy atom. The molecule has 0 amide bonds. The van der Waals surface area contributed by atoms with Gasteiger partial charge in [-0.3, -0.25) is 23.7 Å². The molecular formula is C19H18N2O7. The van der Waals surface area contributed by atoms with Crippen LogP contribution in [-0.4, -0.2) is 41.2 Å². The van der Waals surface area contributed by atoms with Gasteiger partial charge in [0, 0.05) is 17.3 Å². The maximum atomic E-state index is 12.9. The summed E-state index contributed by atoms with van der Waals surface area (Å²) < 4.78 is 11.0. The van der Waals surface area contributed by atoms with Crippen molar-refractivity contribution >= 4 is 17.8 Å². The third-order valence-electron chi connectivity index (χ3n) is 4.87. The van der Waals surface area contributed by atoms with Gasteiger partial charge in [0.25, 0.3) is 11.5 Å². The number of ether oxygens (including phenoxy) is 2. The molecule has 9 nitrogen and oxygen atoms in total. The average molecular weight is 386 g/mol. The van der Waals surface area contributed by atoms with E-state index in [1.165, 1.54) is 25.3 Å². The standard InChI is InChI=1S/C19H18N2O7/c1-11-10-20(13-9-19(13,16(24)27-2)17(25)28-3)18(26)21(14(11)22)15(23)12-7-5-4-6-8-12/h4-8,10,13H,9H2,1-3H3. The molecule has 0 N–H and O–H groups in total. The van der Waals surface area contributed by atoms with Crippen molar-refractivity contribution in [3.63, 3.8) is 0 Å². The predicted molar refractivity (Wildman–Crippen MR) is 96.0 cm³/mol. The first kappa shape index (κ1) is 19.3. The summed E-state index contributed by atoms with van der Waals surface area (Å²) in [7, 11) is 2.24. The van der Waals surface area contributed by atoms with E-state index >= 15 is 0 Å². The summed E-state index contributed by atoms with van der Waals surface area (Å²) in [5.74, 6) is -2.49. The maximum absolute atomic E-state index is 12.9. The zero-order valence-electron chi connectivity index (χ0n) is 15.5. The highest BCUT2D eigenvalue weighted by atomic mass is 16.5. The van der Waals surface area contributed by atoms with Crippen molar-refractivity contribution in [2.45, 2.75) is 19.4 Å². The molecule has 1 aromatic heterocycles. The number of esters is 2. The molecule has 1 fully saturated rings. The fourth-order valence-corrected chi connectivity index (χ4v) is 3.28. The number of hydrogen-bond donors (Lipinski definition) is 0. The number of hydrogen-bond acceptors (Lipinski definition) is 7. The lowest BCUT2D eigenvalue weighted by molar-refractivity contribution is -0.162. The fraction of sp³-hybridized carbons (Fsp3) is 0.316. The second kappa shape index (κ2) is 6.91. The van der Waals surface area contributed by atoms with Crippen LogP contribution in [0.25, 0.3) is 0 Å². The highest BCUT2D eigenvalue weighted by Crippen LogP contribution is 2.57. The molecule has 2 aromatic rings. The number of methoxy groups -OCH3 is 2. The maximum Gasteiger partial charge on any atom is 0.338 e.